The molecule has 2 rings (SSSR count). The van der Waals surface area contributed by atoms with Crippen molar-refractivity contribution in [1.29, 1.82) is 0 Å². The van der Waals surface area contributed by atoms with Gasteiger partial charge >= 0.3 is 6.09 Å². The van der Waals surface area contributed by atoms with Gasteiger partial charge in [-0.2, -0.15) is 0 Å². The first-order chi connectivity index (χ1) is 11.0. The van der Waals surface area contributed by atoms with Gasteiger partial charge in [-0.1, -0.05) is 48.5 Å². The second-order valence-electron chi connectivity index (χ2n) is 5.57. The molecule has 0 aliphatic rings. The lowest BCUT2D eigenvalue weighted by atomic mass is 10.0. The molecule has 0 unspecified atom stereocenters. The SMILES string of the molecule is CC(=O)c1cccc(C[C@H](C)NC(=O)OCc2ccccc2)c1. The number of nitrogens with one attached hydrogen (secondary N) is 1. The molecule has 0 radical (unpaired) electrons. The minimum Gasteiger partial charge on any atom is -0.445 e. The summed E-state index contributed by atoms with van der Waals surface area (Å²) in [5.41, 5.74) is 2.64. The number of Topliss-reactive ketones (excluding diaryl/α,β-unsaturated/α-hetero) is 1. The van der Waals surface area contributed by atoms with Gasteiger partial charge in [0.1, 0.15) is 6.61 Å². The van der Waals surface area contributed by atoms with Crippen molar-refractivity contribution in [3.63, 3.8) is 0 Å². The van der Waals surface area contributed by atoms with Gasteiger partial charge in [0.05, 0.1) is 0 Å². The fourth-order valence-electron chi connectivity index (χ4n) is 2.29. The van der Waals surface area contributed by atoms with Gasteiger partial charge in [0, 0.05) is 11.6 Å². The van der Waals surface area contributed by atoms with Gasteiger partial charge in [-0.3, -0.25) is 4.79 Å². The van der Waals surface area contributed by atoms with Crippen molar-refractivity contribution < 1.29 is 14.3 Å². The highest BCUT2D eigenvalue weighted by Crippen LogP contribution is 2.09. The maximum atomic E-state index is 11.8. The fourth-order valence-corrected chi connectivity index (χ4v) is 2.29. The number of ether oxygens (including phenoxy) is 1. The summed E-state index contributed by atoms with van der Waals surface area (Å²) in [5.74, 6) is 0.0368. The highest BCUT2D eigenvalue weighted by Gasteiger charge is 2.10. The summed E-state index contributed by atoms with van der Waals surface area (Å²) >= 11 is 0. The molecular formula is C19H21NO3. The van der Waals surface area contributed by atoms with E-state index in [1.54, 1.807) is 13.0 Å². The molecule has 2 aromatic carbocycles. The molecule has 23 heavy (non-hydrogen) atoms. The second-order valence-corrected chi connectivity index (χ2v) is 5.57. The van der Waals surface area contributed by atoms with E-state index in [0.29, 0.717) is 12.0 Å². The highest BCUT2D eigenvalue weighted by atomic mass is 16.5. The Morgan fingerprint density at radius 1 is 1.04 bits per heavy atom. The van der Waals surface area contributed by atoms with Gasteiger partial charge in [-0.25, -0.2) is 4.79 Å². The molecule has 0 aliphatic carbocycles. The van der Waals surface area contributed by atoms with Crippen molar-refractivity contribution in [3.8, 4) is 0 Å². The average molecular weight is 311 g/mol. The second kappa shape index (κ2) is 8.13. The quantitative estimate of drug-likeness (QED) is 0.827. The number of rotatable bonds is 6. The number of hydrogen-bond acceptors (Lipinski definition) is 3. The van der Waals surface area contributed by atoms with Crippen molar-refractivity contribution in [2.75, 3.05) is 0 Å². The zero-order valence-electron chi connectivity index (χ0n) is 13.4. The van der Waals surface area contributed by atoms with Gasteiger partial charge in [-0.15, -0.1) is 0 Å². The molecule has 2 aromatic rings. The molecule has 0 heterocycles. The van der Waals surface area contributed by atoms with Gasteiger partial charge in [0.2, 0.25) is 0 Å². The summed E-state index contributed by atoms with van der Waals surface area (Å²) in [7, 11) is 0. The van der Waals surface area contributed by atoms with Crippen LogP contribution in [0.25, 0.3) is 0 Å². The molecule has 4 nitrogen and oxygen atoms in total. The van der Waals surface area contributed by atoms with E-state index in [0.717, 1.165) is 11.1 Å². The van der Waals surface area contributed by atoms with E-state index in [2.05, 4.69) is 5.32 Å². The highest BCUT2D eigenvalue weighted by molar-refractivity contribution is 5.94. The van der Waals surface area contributed by atoms with Crippen LogP contribution in [0.4, 0.5) is 4.79 Å². The lowest BCUT2D eigenvalue weighted by Gasteiger charge is -2.14. The van der Waals surface area contributed by atoms with E-state index in [9.17, 15) is 9.59 Å². The molecule has 4 heteroatoms. The zero-order valence-corrected chi connectivity index (χ0v) is 13.4. The van der Waals surface area contributed by atoms with Gasteiger partial charge < -0.3 is 10.1 Å². The average Bonchev–Trinajstić information content (AvgIpc) is 2.54. The lowest BCUT2D eigenvalue weighted by molar-refractivity contribution is 0.101. The van der Waals surface area contributed by atoms with E-state index in [-0.39, 0.29) is 18.4 Å². The summed E-state index contributed by atoms with van der Waals surface area (Å²) in [4.78, 5) is 23.2. The molecule has 0 saturated heterocycles. The van der Waals surface area contributed by atoms with Crippen LogP contribution in [0, 0.1) is 0 Å². The fraction of sp³-hybridized carbons (Fsp3) is 0.263. The maximum absolute atomic E-state index is 11.8. The topological polar surface area (TPSA) is 55.4 Å². The third kappa shape index (κ3) is 5.58. The largest absolute Gasteiger partial charge is 0.445 e. The predicted octanol–water partition coefficient (Wildman–Crippen LogP) is 3.75. The molecule has 1 atom stereocenters. The van der Waals surface area contributed by atoms with E-state index in [1.165, 1.54) is 0 Å². The van der Waals surface area contributed by atoms with Crippen LogP contribution in [0.1, 0.15) is 35.3 Å². The first kappa shape index (κ1) is 16.7. The lowest BCUT2D eigenvalue weighted by Crippen LogP contribution is -2.34. The molecule has 1 N–H and O–H groups in total. The van der Waals surface area contributed by atoms with Crippen molar-refractivity contribution in [2.45, 2.75) is 32.9 Å². The first-order valence-corrected chi connectivity index (χ1v) is 7.61. The standard InChI is InChI=1S/C19H21NO3/c1-14(11-17-9-6-10-18(12-17)15(2)21)20-19(22)23-13-16-7-4-3-5-8-16/h3-10,12,14H,11,13H2,1-2H3,(H,20,22)/t14-/m0/s1. The Bertz CT molecular complexity index is 667. The van der Waals surface area contributed by atoms with E-state index in [4.69, 9.17) is 4.74 Å². The zero-order chi connectivity index (χ0) is 16.7. The van der Waals surface area contributed by atoms with Crippen molar-refractivity contribution in [3.05, 3.63) is 71.3 Å². The number of benzene rings is 2. The van der Waals surface area contributed by atoms with Gasteiger partial charge in [0.15, 0.2) is 5.78 Å². The maximum Gasteiger partial charge on any atom is 0.407 e. The molecule has 0 saturated carbocycles. The van der Waals surface area contributed by atoms with Crippen molar-refractivity contribution >= 4 is 11.9 Å². The molecule has 1 amide bonds. The van der Waals surface area contributed by atoms with Crippen LogP contribution in [0.2, 0.25) is 0 Å². The van der Waals surface area contributed by atoms with Crippen LogP contribution in [-0.4, -0.2) is 17.9 Å². The van der Waals surface area contributed by atoms with Crippen LogP contribution in [0.3, 0.4) is 0 Å². The van der Waals surface area contributed by atoms with E-state index < -0.39 is 6.09 Å². The molecule has 0 aliphatic heterocycles. The smallest absolute Gasteiger partial charge is 0.407 e. The van der Waals surface area contributed by atoms with Gasteiger partial charge in [-0.05, 0) is 37.5 Å². The Morgan fingerprint density at radius 2 is 1.74 bits per heavy atom. The summed E-state index contributed by atoms with van der Waals surface area (Å²) in [6, 6.07) is 16.9. The van der Waals surface area contributed by atoms with Crippen LogP contribution in [0.5, 0.6) is 0 Å². The molecule has 0 aromatic heterocycles. The molecule has 120 valence electrons. The third-order valence-electron chi connectivity index (χ3n) is 3.45. The first-order valence-electron chi connectivity index (χ1n) is 7.61. The Balaban J connectivity index is 1.82. The van der Waals surface area contributed by atoms with Crippen molar-refractivity contribution in [2.24, 2.45) is 0 Å². The van der Waals surface area contributed by atoms with Crippen LogP contribution < -0.4 is 5.32 Å². The molecule has 0 spiro atoms. The van der Waals surface area contributed by atoms with Crippen LogP contribution in [-0.2, 0) is 17.8 Å². The minimum absolute atomic E-state index is 0.0368. The summed E-state index contributed by atoms with van der Waals surface area (Å²) in [6.45, 7) is 3.70. The summed E-state index contributed by atoms with van der Waals surface area (Å²) in [5, 5.41) is 2.80. The Kier molecular flexibility index (Phi) is 5.92. The number of ketones is 1. The number of amides is 1. The third-order valence-corrected chi connectivity index (χ3v) is 3.45. The predicted molar refractivity (Wildman–Crippen MR) is 89.4 cm³/mol. The van der Waals surface area contributed by atoms with Crippen LogP contribution >= 0.6 is 0 Å². The number of hydrogen-bond donors (Lipinski definition) is 1. The Labute approximate surface area is 136 Å². The minimum atomic E-state index is -0.441. The van der Waals surface area contributed by atoms with Crippen LogP contribution in [0.15, 0.2) is 54.6 Å². The van der Waals surface area contributed by atoms with Crippen molar-refractivity contribution in [1.82, 2.24) is 5.32 Å². The summed E-state index contributed by atoms with van der Waals surface area (Å²) in [6.07, 6.45) is 0.200. The van der Waals surface area contributed by atoms with E-state index in [1.807, 2.05) is 55.5 Å². The Hall–Kier alpha value is -2.62. The van der Waals surface area contributed by atoms with Gasteiger partial charge in [0.25, 0.3) is 0 Å². The molecule has 0 bridgehead atoms. The Morgan fingerprint density at radius 3 is 2.43 bits per heavy atom. The summed E-state index contributed by atoms with van der Waals surface area (Å²) < 4.78 is 5.19. The monoisotopic (exact) mass is 311 g/mol. The number of carbonyl (C=O) groups is 2. The van der Waals surface area contributed by atoms with E-state index >= 15 is 0 Å². The normalized spacial score (nSPS) is 11.6. The number of alkyl carbamates (subject to hydrolysis) is 1. The molecule has 0 fully saturated rings. The number of carbonyl (C=O) groups excluding carboxylic acids is 2. The molecular weight excluding hydrogens is 290 g/mol.